The number of thiophene rings is 1. The molecule has 2 heterocycles. The second kappa shape index (κ2) is 11.4. The molecule has 1 amide bonds. The van der Waals surface area contributed by atoms with Crippen molar-refractivity contribution in [2.24, 2.45) is 4.99 Å². The lowest BCUT2D eigenvalue weighted by molar-refractivity contribution is -0.130. The standard InChI is InChI=1S/C21H28N4OS.HI/c1-3-22-21(24(2)12-11-19-9-6-14-27-19)23-15-20(26)25-13-10-17-7-4-5-8-18(17)16-25;/h4-9,14H,3,10-13,15-16H2,1-2H3,(H,22,23);1H. The molecule has 1 N–H and O–H groups in total. The first-order valence-corrected chi connectivity index (χ1v) is 10.4. The summed E-state index contributed by atoms with van der Waals surface area (Å²) in [6.45, 7) is 5.36. The molecule has 1 aliphatic heterocycles. The van der Waals surface area contributed by atoms with Crippen molar-refractivity contribution < 1.29 is 4.79 Å². The van der Waals surface area contributed by atoms with E-state index in [4.69, 9.17) is 0 Å². The zero-order valence-corrected chi connectivity index (χ0v) is 19.7. The van der Waals surface area contributed by atoms with E-state index in [0.29, 0.717) is 6.54 Å². The molecule has 0 bridgehead atoms. The van der Waals surface area contributed by atoms with Gasteiger partial charge in [0.25, 0.3) is 0 Å². The molecule has 1 aromatic heterocycles. The lowest BCUT2D eigenvalue weighted by atomic mass is 10.00. The Kier molecular flexibility index (Phi) is 9.24. The largest absolute Gasteiger partial charge is 0.357 e. The van der Waals surface area contributed by atoms with Crippen LogP contribution in [0.5, 0.6) is 0 Å². The summed E-state index contributed by atoms with van der Waals surface area (Å²) in [5.41, 5.74) is 2.60. The van der Waals surface area contributed by atoms with E-state index in [9.17, 15) is 4.79 Å². The van der Waals surface area contributed by atoms with Crippen molar-refractivity contribution >= 4 is 47.2 Å². The van der Waals surface area contributed by atoms with Crippen molar-refractivity contribution in [2.45, 2.75) is 26.3 Å². The van der Waals surface area contributed by atoms with E-state index in [1.165, 1.54) is 16.0 Å². The van der Waals surface area contributed by atoms with Gasteiger partial charge in [0.2, 0.25) is 5.91 Å². The Hall–Kier alpha value is -1.61. The third-order valence-corrected chi connectivity index (χ3v) is 5.75. The number of benzene rings is 1. The first-order valence-electron chi connectivity index (χ1n) is 9.53. The van der Waals surface area contributed by atoms with Crippen LogP contribution >= 0.6 is 35.3 Å². The van der Waals surface area contributed by atoms with Gasteiger partial charge >= 0.3 is 0 Å². The van der Waals surface area contributed by atoms with Crippen LogP contribution in [-0.2, 0) is 24.2 Å². The number of hydrogen-bond acceptors (Lipinski definition) is 3. The van der Waals surface area contributed by atoms with Crippen LogP contribution in [0.2, 0.25) is 0 Å². The summed E-state index contributed by atoms with van der Waals surface area (Å²) >= 11 is 1.77. The number of guanidine groups is 1. The summed E-state index contributed by atoms with van der Waals surface area (Å²) in [6, 6.07) is 12.6. The zero-order chi connectivity index (χ0) is 19.1. The molecular formula is C21H29IN4OS. The number of carbonyl (C=O) groups excluding carboxylic acids is 1. The van der Waals surface area contributed by atoms with Gasteiger partial charge in [0.15, 0.2) is 5.96 Å². The van der Waals surface area contributed by atoms with Gasteiger partial charge in [-0.3, -0.25) is 4.79 Å². The SMILES string of the molecule is CCNC(=NCC(=O)N1CCc2ccccc2C1)N(C)CCc1cccs1.I. The number of likely N-dealkylation sites (N-methyl/N-ethyl adjacent to an activating group) is 1. The normalized spacial score (nSPS) is 13.5. The van der Waals surface area contributed by atoms with Gasteiger partial charge in [0.05, 0.1) is 0 Å². The van der Waals surface area contributed by atoms with Crippen LogP contribution in [0.4, 0.5) is 0 Å². The van der Waals surface area contributed by atoms with E-state index in [1.54, 1.807) is 11.3 Å². The van der Waals surface area contributed by atoms with Gasteiger partial charge in [0, 0.05) is 38.1 Å². The third-order valence-electron chi connectivity index (χ3n) is 4.82. The van der Waals surface area contributed by atoms with E-state index in [2.05, 4.69) is 50.9 Å². The van der Waals surface area contributed by atoms with Gasteiger partial charge in [-0.25, -0.2) is 4.99 Å². The maximum absolute atomic E-state index is 12.7. The summed E-state index contributed by atoms with van der Waals surface area (Å²) in [5, 5.41) is 5.40. The van der Waals surface area contributed by atoms with E-state index in [-0.39, 0.29) is 36.4 Å². The summed E-state index contributed by atoms with van der Waals surface area (Å²) in [6.07, 6.45) is 1.90. The topological polar surface area (TPSA) is 47.9 Å². The molecule has 1 aromatic carbocycles. The summed E-state index contributed by atoms with van der Waals surface area (Å²) in [5.74, 6) is 0.881. The highest BCUT2D eigenvalue weighted by molar-refractivity contribution is 14.0. The fourth-order valence-corrected chi connectivity index (χ4v) is 3.96. The predicted molar refractivity (Wildman–Crippen MR) is 128 cm³/mol. The number of halogens is 1. The molecule has 0 spiro atoms. The highest BCUT2D eigenvalue weighted by Gasteiger charge is 2.20. The molecule has 0 atom stereocenters. The molecular weight excluding hydrogens is 483 g/mol. The average molecular weight is 512 g/mol. The fourth-order valence-electron chi connectivity index (χ4n) is 3.26. The molecule has 1 aliphatic rings. The number of amides is 1. The van der Waals surface area contributed by atoms with Crippen LogP contribution in [0.25, 0.3) is 0 Å². The lowest BCUT2D eigenvalue weighted by Gasteiger charge is -2.28. The Labute approximate surface area is 188 Å². The number of fused-ring (bicyclic) bond motifs is 1. The van der Waals surface area contributed by atoms with Crippen LogP contribution in [0.3, 0.4) is 0 Å². The van der Waals surface area contributed by atoms with E-state index in [0.717, 1.165) is 38.4 Å². The smallest absolute Gasteiger partial charge is 0.244 e. The van der Waals surface area contributed by atoms with Gasteiger partial charge in [-0.15, -0.1) is 35.3 Å². The molecule has 5 nitrogen and oxygen atoms in total. The summed E-state index contributed by atoms with van der Waals surface area (Å²) in [4.78, 5) is 22.6. The van der Waals surface area contributed by atoms with Gasteiger partial charge < -0.3 is 15.1 Å². The number of nitrogens with zero attached hydrogens (tertiary/aromatic N) is 3. The Balaban J connectivity index is 0.00000280. The Morgan fingerprint density at radius 2 is 2.04 bits per heavy atom. The van der Waals surface area contributed by atoms with Crippen LogP contribution in [0, 0.1) is 0 Å². The quantitative estimate of drug-likeness (QED) is 0.367. The molecule has 2 aromatic rings. The van der Waals surface area contributed by atoms with Gasteiger partial charge in [-0.1, -0.05) is 30.3 Å². The monoisotopic (exact) mass is 512 g/mol. The molecule has 0 unspecified atom stereocenters. The average Bonchev–Trinajstić information content (AvgIpc) is 3.22. The number of aliphatic imine (C=N–C) groups is 1. The van der Waals surface area contributed by atoms with Gasteiger partial charge in [-0.05, 0) is 42.3 Å². The molecule has 28 heavy (non-hydrogen) atoms. The van der Waals surface area contributed by atoms with Crippen molar-refractivity contribution in [3.63, 3.8) is 0 Å². The molecule has 3 rings (SSSR count). The minimum absolute atomic E-state index is 0. The van der Waals surface area contributed by atoms with Crippen molar-refractivity contribution in [3.8, 4) is 0 Å². The van der Waals surface area contributed by atoms with Crippen molar-refractivity contribution in [2.75, 3.05) is 33.2 Å². The third kappa shape index (κ3) is 6.20. The van der Waals surface area contributed by atoms with Gasteiger partial charge in [0.1, 0.15) is 6.54 Å². The van der Waals surface area contributed by atoms with Crippen LogP contribution < -0.4 is 5.32 Å². The molecule has 0 saturated carbocycles. The van der Waals surface area contributed by atoms with Crippen LogP contribution in [0.1, 0.15) is 22.9 Å². The molecule has 0 saturated heterocycles. The van der Waals surface area contributed by atoms with E-state index in [1.807, 2.05) is 24.9 Å². The summed E-state index contributed by atoms with van der Waals surface area (Å²) in [7, 11) is 2.02. The number of rotatable bonds is 6. The summed E-state index contributed by atoms with van der Waals surface area (Å²) < 4.78 is 0. The minimum Gasteiger partial charge on any atom is -0.357 e. The van der Waals surface area contributed by atoms with Crippen molar-refractivity contribution in [1.29, 1.82) is 0 Å². The van der Waals surface area contributed by atoms with Crippen molar-refractivity contribution in [3.05, 3.63) is 57.8 Å². The maximum Gasteiger partial charge on any atom is 0.244 e. The number of nitrogens with one attached hydrogen (secondary N) is 1. The molecule has 0 radical (unpaired) electrons. The first-order chi connectivity index (χ1) is 13.2. The zero-order valence-electron chi connectivity index (χ0n) is 16.6. The lowest BCUT2D eigenvalue weighted by Crippen LogP contribution is -2.42. The predicted octanol–water partition coefficient (Wildman–Crippen LogP) is 3.39. The number of carbonyl (C=O) groups is 1. The van der Waals surface area contributed by atoms with Gasteiger partial charge in [-0.2, -0.15) is 0 Å². The highest BCUT2D eigenvalue weighted by atomic mass is 127. The second-order valence-corrected chi connectivity index (χ2v) is 7.79. The molecule has 7 heteroatoms. The Morgan fingerprint density at radius 1 is 1.25 bits per heavy atom. The fraction of sp³-hybridized carbons (Fsp3) is 0.429. The molecule has 152 valence electrons. The van der Waals surface area contributed by atoms with Crippen molar-refractivity contribution in [1.82, 2.24) is 15.1 Å². The second-order valence-electron chi connectivity index (χ2n) is 6.76. The van der Waals surface area contributed by atoms with Crippen LogP contribution in [-0.4, -0.2) is 54.9 Å². The van der Waals surface area contributed by atoms with Crippen LogP contribution in [0.15, 0.2) is 46.8 Å². The highest BCUT2D eigenvalue weighted by Crippen LogP contribution is 2.18. The molecule has 0 aliphatic carbocycles. The number of hydrogen-bond donors (Lipinski definition) is 1. The van der Waals surface area contributed by atoms with E-state index >= 15 is 0 Å². The minimum atomic E-state index is 0. The Morgan fingerprint density at radius 3 is 2.75 bits per heavy atom. The maximum atomic E-state index is 12.7. The molecule has 0 fully saturated rings. The van der Waals surface area contributed by atoms with E-state index < -0.39 is 0 Å². The first kappa shape index (κ1) is 22.7. The Bertz CT molecular complexity index is 778.